The van der Waals surface area contributed by atoms with Crippen LogP contribution in [-0.2, 0) is 9.59 Å². The van der Waals surface area contributed by atoms with Crippen LogP contribution >= 0.6 is 11.6 Å². The highest BCUT2D eigenvalue weighted by Crippen LogP contribution is 2.31. The molecule has 0 spiro atoms. The highest BCUT2D eigenvalue weighted by molar-refractivity contribution is 6.30. The highest BCUT2D eigenvalue weighted by Gasteiger charge is 2.33. The van der Waals surface area contributed by atoms with Crippen LogP contribution in [-0.4, -0.2) is 83.8 Å². The molecule has 4 amide bonds. The van der Waals surface area contributed by atoms with E-state index < -0.39 is 4.92 Å². The number of anilines is 1. The Labute approximate surface area is 172 Å². The Morgan fingerprint density at radius 2 is 1.90 bits per heavy atom. The van der Waals surface area contributed by atoms with Gasteiger partial charge in [0.25, 0.3) is 5.69 Å². The fourth-order valence-electron chi connectivity index (χ4n) is 3.54. The van der Waals surface area contributed by atoms with Gasteiger partial charge in [-0.15, -0.1) is 0 Å². The molecule has 0 aliphatic carbocycles. The molecule has 0 unspecified atom stereocenters. The summed E-state index contributed by atoms with van der Waals surface area (Å²) in [6.07, 6.45) is 0.648. The predicted octanol–water partition coefficient (Wildman–Crippen LogP) is 1.57. The number of rotatable bonds is 6. The van der Waals surface area contributed by atoms with E-state index in [9.17, 15) is 24.5 Å². The summed E-state index contributed by atoms with van der Waals surface area (Å²) in [6.45, 7) is 2.15. The molecule has 2 heterocycles. The van der Waals surface area contributed by atoms with Gasteiger partial charge in [-0.25, -0.2) is 4.79 Å². The number of carbonyl (C=O) groups excluding carboxylic acids is 3. The Hall–Kier alpha value is -2.88. The monoisotopic (exact) mass is 423 g/mol. The van der Waals surface area contributed by atoms with E-state index in [2.05, 4.69) is 0 Å². The number of benzene rings is 1. The van der Waals surface area contributed by atoms with Gasteiger partial charge >= 0.3 is 6.03 Å². The minimum Gasteiger partial charge on any atom is -0.362 e. The normalized spacial score (nSPS) is 17.3. The van der Waals surface area contributed by atoms with Crippen LogP contribution in [0.2, 0.25) is 5.02 Å². The number of halogens is 1. The van der Waals surface area contributed by atoms with Crippen molar-refractivity contribution < 1.29 is 19.3 Å². The van der Waals surface area contributed by atoms with Gasteiger partial charge in [-0.1, -0.05) is 11.6 Å². The van der Waals surface area contributed by atoms with Crippen LogP contribution in [0.4, 0.5) is 16.2 Å². The van der Waals surface area contributed by atoms with E-state index >= 15 is 0 Å². The first-order valence-electron chi connectivity index (χ1n) is 9.30. The molecule has 156 valence electrons. The van der Waals surface area contributed by atoms with E-state index in [4.69, 9.17) is 11.6 Å². The number of hydrogen-bond acceptors (Lipinski definition) is 6. The molecule has 10 nitrogen and oxygen atoms in total. The number of hydrogen-bond donors (Lipinski definition) is 0. The fourth-order valence-corrected chi connectivity index (χ4v) is 3.71. The van der Waals surface area contributed by atoms with E-state index in [1.54, 1.807) is 24.1 Å². The molecule has 2 aliphatic rings. The quantitative estimate of drug-likeness (QED) is 0.390. The second kappa shape index (κ2) is 8.64. The van der Waals surface area contributed by atoms with Crippen LogP contribution in [0.3, 0.4) is 0 Å². The lowest BCUT2D eigenvalue weighted by atomic mass is 10.2. The summed E-state index contributed by atoms with van der Waals surface area (Å²) in [6, 6.07) is 4.23. The van der Waals surface area contributed by atoms with Crippen LogP contribution in [0.5, 0.6) is 0 Å². The molecular weight excluding hydrogens is 402 g/mol. The standard InChI is InChI=1S/C18H22ClN5O5/c1-20-12-17(26)23(18(20)27)6-2-3-16(25)22-9-7-21(8-10-22)14-5-4-13(19)11-15(14)24(28)29/h4-5,11H,2-3,6-10,12H2,1H3. The van der Waals surface area contributed by atoms with Crippen LogP contribution in [0.25, 0.3) is 0 Å². The number of carbonyl (C=O) groups is 3. The van der Waals surface area contributed by atoms with E-state index in [0.717, 1.165) is 0 Å². The van der Waals surface area contributed by atoms with Gasteiger partial charge in [0.1, 0.15) is 12.2 Å². The molecule has 29 heavy (non-hydrogen) atoms. The third-order valence-electron chi connectivity index (χ3n) is 5.11. The topological polar surface area (TPSA) is 107 Å². The van der Waals surface area contributed by atoms with Crippen molar-refractivity contribution in [3.8, 4) is 0 Å². The van der Waals surface area contributed by atoms with Crippen LogP contribution in [0.1, 0.15) is 12.8 Å². The van der Waals surface area contributed by atoms with Crippen molar-refractivity contribution in [2.75, 3.05) is 51.2 Å². The Kier molecular flexibility index (Phi) is 6.21. The van der Waals surface area contributed by atoms with Crippen molar-refractivity contribution in [2.24, 2.45) is 0 Å². The largest absolute Gasteiger partial charge is 0.362 e. The van der Waals surface area contributed by atoms with Crippen molar-refractivity contribution >= 4 is 40.8 Å². The van der Waals surface area contributed by atoms with Crippen molar-refractivity contribution in [1.29, 1.82) is 0 Å². The van der Waals surface area contributed by atoms with Crippen molar-refractivity contribution in [2.45, 2.75) is 12.8 Å². The van der Waals surface area contributed by atoms with Gasteiger partial charge in [-0.2, -0.15) is 0 Å². The first-order valence-corrected chi connectivity index (χ1v) is 9.68. The third-order valence-corrected chi connectivity index (χ3v) is 5.35. The Morgan fingerprint density at radius 3 is 2.48 bits per heavy atom. The molecule has 1 aromatic carbocycles. The average Bonchev–Trinajstić information content (AvgIpc) is 2.94. The minimum atomic E-state index is -0.461. The summed E-state index contributed by atoms with van der Waals surface area (Å²) in [5.74, 6) is -0.300. The number of imide groups is 1. The van der Waals surface area contributed by atoms with E-state index in [1.165, 1.54) is 15.9 Å². The lowest BCUT2D eigenvalue weighted by molar-refractivity contribution is -0.384. The van der Waals surface area contributed by atoms with Crippen molar-refractivity contribution in [3.05, 3.63) is 33.3 Å². The molecule has 2 fully saturated rings. The van der Waals surface area contributed by atoms with Crippen molar-refractivity contribution in [1.82, 2.24) is 14.7 Å². The maximum absolute atomic E-state index is 12.4. The number of nitro benzene ring substituents is 1. The summed E-state index contributed by atoms with van der Waals surface area (Å²) in [5.41, 5.74) is 0.434. The molecule has 0 bridgehead atoms. The Morgan fingerprint density at radius 1 is 1.21 bits per heavy atom. The molecule has 0 atom stereocenters. The summed E-state index contributed by atoms with van der Waals surface area (Å²) >= 11 is 5.86. The zero-order valence-electron chi connectivity index (χ0n) is 16.0. The molecule has 0 N–H and O–H groups in total. The second-order valence-corrected chi connectivity index (χ2v) is 7.48. The fraction of sp³-hybridized carbons (Fsp3) is 0.500. The summed E-state index contributed by atoms with van der Waals surface area (Å²) in [4.78, 5) is 52.9. The van der Waals surface area contributed by atoms with Crippen molar-refractivity contribution in [3.63, 3.8) is 0 Å². The van der Waals surface area contributed by atoms with E-state index in [-0.39, 0.29) is 43.0 Å². The first kappa shape index (κ1) is 20.8. The Bertz CT molecular complexity index is 840. The van der Waals surface area contributed by atoms with Gasteiger partial charge in [-0.05, 0) is 18.6 Å². The highest BCUT2D eigenvalue weighted by atomic mass is 35.5. The predicted molar refractivity (Wildman–Crippen MR) is 106 cm³/mol. The van der Waals surface area contributed by atoms with Gasteiger partial charge in [0.15, 0.2) is 0 Å². The number of nitrogens with zero attached hydrogens (tertiary/aromatic N) is 5. The molecule has 0 aromatic heterocycles. The van der Waals surface area contributed by atoms with E-state index in [0.29, 0.717) is 43.3 Å². The zero-order valence-corrected chi connectivity index (χ0v) is 16.8. The van der Waals surface area contributed by atoms with Gasteiger partial charge < -0.3 is 14.7 Å². The minimum absolute atomic E-state index is 0.0531. The first-order chi connectivity index (χ1) is 13.8. The molecule has 0 saturated carbocycles. The van der Waals surface area contributed by atoms with Gasteiger partial charge in [0.05, 0.1) is 4.92 Å². The molecule has 11 heteroatoms. The lowest BCUT2D eigenvalue weighted by Gasteiger charge is -2.36. The van der Waals surface area contributed by atoms with E-state index in [1.807, 2.05) is 4.90 Å². The number of piperazine rings is 1. The second-order valence-electron chi connectivity index (χ2n) is 7.05. The number of amides is 4. The third kappa shape index (κ3) is 4.58. The van der Waals surface area contributed by atoms with Crippen LogP contribution in [0.15, 0.2) is 18.2 Å². The maximum atomic E-state index is 12.4. The molecule has 0 radical (unpaired) electrons. The molecule has 1 aromatic rings. The van der Waals surface area contributed by atoms with Crippen LogP contribution < -0.4 is 4.90 Å². The molecule has 2 saturated heterocycles. The van der Waals surface area contributed by atoms with Gasteiger partial charge in [0, 0.05) is 57.3 Å². The summed E-state index contributed by atoms with van der Waals surface area (Å²) in [5, 5.41) is 11.6. The molecule has 3 rings (SSSR count). The molecular formula is C18H22ClN5O5. The smallest absolute Gasteiger partial charge is 0.326 e. The van der Waals surface area contributed by atoms with Gasteiger partial charge in [0.2, 0.25) is 11.8 Å². The Balaban J connectivity index is 1.49. The number of urea groups is 1. The SMILES string of the molecule is CN1CC(=O)N(CCCC(=O)N2CCN(c3ccc(Cl)cc3[N+](=O)[O-])CC2)C1=O. The van der Waals surface area contributed by atoms with Crippen LogP contribution in [0, 0.1) is 10.1 Å². The zero-order chi connectivity index (χ0) is 21.1. The van der Waals surface area contributed by atoms with Gasteiger partial charge in [-0.3, -0.25) is 24.6 Å². The lowest BCUT2D eigenvalue weighted by Crippen LogP contribution is -2.49. The average molecular weight is 424 g/mol. The molecule has 2 aliphatic heterocycles. The number of likely N-dealkylation sites (N-methyl/N-ethyl adjacent to an activating group) is 1. The maximum Gasteiger partial charge on any atom is 0.326 e. The summed E-state index contributed by atoms with van der Waals surface area (Å²) in [7, 11) is 1.57. The number of nitro groups is 1. The summed E-state index contributed by atoms with van der Waals surface area (Å²) < 4.78 is 0.